The Kier molecular flexibility index (Phi) is 4.28. The number of para-hydroxylation sites is 1. The molecular weight excluding hydrogens is 378 g/mol. The van der Waals surface area contributed by atoms with Crippen LogP contribution < -0.4 is 9.62 Å². The first-order valence-corrected chi connectivity index (χ1v) is 11.1. The van der Waals surface area contributed by atoms with Gasteiger partial charge in [0, 0.05) is 30.9 Å². The summed E-state index contributed by atoms with van der Waals surface area (Å²) in [6, 6.07) is 9.39. The fraction of sp³-hybridized carbons (Fsp3) is 0.421. The molecule has 0 radical (unpaired) electrons. The molecule has 3 heterocycles. The first-order chi connectivity index (χ1) is 13.6. The molecule has 1 aliphatic carbocycles. The minimum absolute atomic E-state index is 0.184. The van der Waals surface area contributed by atoms with Gasteiger partial charge in [-0.15, -0.1) is 5.10 Å². The Balaban J connectivity index is 1.16. The molecule has 1 N–H and O–H groups in total. The van der Waals surface area contributed by atoms with Crippen LogP contribution in [0.5, 0.6) is 0 Å². The third-order valence-corrected chi connectivity index (χ3v) is 6.72. The molecule has 0 unspecified atom stereocenters. The van der Waals surface area contributed by atoms with E-state index in [0.29, 0.717) is 17.8 Å². The molecule has 5 rings (SSSR count). The summed E-state index contributed by atoms with van der Waals surface area (Å²) >= 11 is 0. The van der Waals surface area contributed by atoms with Crippen LogP contribution in [0.25, 0.3) is 11.0 Å². The van der Waals surface area contributed by atoms with E-state index >= 15 is 0 Å². The molecule has 9 heteroatoms. The van der Waals surface area contributed by atoms with Crippen LogP contribution >= 0.6 is 0 Å². The van der Waals surface area contributed by atoms with Crippen LogP contribution in [0.3, 0.4) is 0 Å². The van der Waals surface area contributed by atoms with Crippen molar-refractivity contribution >= 4 is 26.8 Å². The van der Waals surface area contributed by atoms with Crippen LogP contribution in [0, 0.1) is 5.92 Å². The maximum atomic E-state index is 12.4. The summed E-state index contributed by atoms with van der Waals surface area (Å²) in [5, 5.41) is 13.3. The highest BCUT2D eigenvalue weighted by atomic mass is 32.2. The Labute approximate surface area is 163 Å². The number of sulfonamides is 1. The average molecular weight is 399 g/mol. The molecule has 3 aromatic rings. The van der Waals surface area contributed by atoms with Gasteiger partial charge in [-0.3, -0.25) is 0 Å². The van der Waals surface area contributed by atoms with E-state index in [0.717, 1.165) is 49.2 Å². The van der Waals surface area contributed by atoms with Gasteiger partial charge in [-0.25, -0.2) is 13.1 Å². The topological polar surface area (TPSA) is 101 Å². The quantitative estimate of drug-likeness (QED) is 0.673. The second-order valence-corrected chi connectivity index (χ2v) is 9.34. The van der Waals surface area contributed by atoms with Gasteiger partial charge in [0.05, 0.1) is 5.69 Å². The number of hydrogen-bond donors (Lipinski definition) is 1. The van der Waals surface area contributed by atoms with E-state index in [4.69, 9.17) is 4.52 Å². The van der Waals surface area contributed by atoms with Crippen molar-refractivity contribution in [2.45, 2.75) is 25.0 Å². The van der Waals surface area contributed by atoms with Gasteiger partial charge in [0.25, 0.3) is 0 Å². The fourth-order valence-electron chi connectivity index (χ4n) is 3.88. The highest BCUT2D eigenvalue weighted by molar-refractivity contribution is 7.88. The number of aryl methyl sites for hydroxylation is 2. The van der Waals surface area contributed by atoms with Crippen LogP contribution in [0.1, 0.15) is 23.4 Å². The lowest BCUT2D eigenvalue weighted by Gasteiger charge is -2.40. The summed E-state index contributed by atoms with van der Waals surface area (Å²) in [6.45, 7) is 1.97. The van der Waals surface area contributed by atoms with E-state index in [2.05, 4.69) is 31.0 Å². The van der Waals surface area contributed by atoms with Crippen molar-refractivity contribution in [3.8, 4) is 0 Å². The number of rotatable bonds is 6. The maximum absolute atomic E-state index is 12.4. The zero-order valence-electron chi connectivity index (χ0n) is 15.3. The van der Waals surface area contributed by atoms with Gasteiger partial charge in [0.2, 0.25) is 10.0 Å². The Morgan fingerprint density at radius 1 is 1.18 bits per heavy atom. The SMILES string of the molecule is O=S(=O)(Cc1noc2ccccc12)NCC1CN(c2cc3c(nn2)CCC3)C1. The van der Waals surface area contributed by atoms with E-state index in [1.54, 1.807) is 6.07 Å². The Morgan fingerprint density at radius 3 is 2.93 bits per heavy atom. The maximum Gasteiger partial charge on any atom is 0.217 e. The van der Waals surface area contributed by atoms with Crippen LogP contribution in [-0.4, -0.2) is 43.4 Å². The van der Waals surface area contributed by atoms with Crippen LogP contribution in [0.15, 0.2) is 34.9 Å². The van der Waals surface area contributed by atoms with Crippen LogP contribution in [0.4, 0.5) is 5.82 Å². The van der Waals surface area contributed by atoms with Gasteiger partial charge >= 0.3 is 0 Å². The Hall–Kier alpha value is -2.52. The zero-order chi connectivity index (χ0) is 19.1. The summed E-state index contributed by atoms with van der Waals surface area (Å²) in [5.41, 5.74) is 3.45. The molecule has 0 spiro atoms. The number of fused-ring (bicyclic) bond motifs is 2. The lowest BCUT2D eigenvalue weighted by Crippen LogP contribution is -2.52. The molecule has 1 aromatic carbocycles. The number of hydrogen-bond acceptors (Lipinski definition) is 7. The normalized spacial score (nSPS) is 17.1. The van der Waals surface area contributed by atoms with Gasteiger partial charge in [0.15, 0.2) is 11.4 Å². The van der Waals surface area contributed by atoms with Crippen molar-refractivity contribution in [1.82, 2.24) is 20.1 Å². The first kappa shape index (κ1) is 17.6. The van der Waals surface area contributed by atoms with Crippen LogP contribution in [0.2, 0.25) is 0 Å². The molecule has 2 aromatic heterocycles. The standard InChI is InChI=1S/C19H21N5O3S/c25-28(26,12-17-15-5-1-2-7-18(15)27-23-17)20-9-13-10-24(11-13)19-8-14-4-3-6-16(14)21-22-19/h1-2,5,7-8,13,20H,3-4,6,9-12H2. The van der Waals surface area contributed by atoms with Crippen molar-refractivity contribution in [2.75, 3.05) is 24.5 Å². The number of nitrogens with zero attached hydrogens (tertiary/aromatic N) is 4. The van der Waals surface area contributed by atoms with Gasteiger partial charge in [0.1, 0.15) is 11.4 Å². The summed E-state index contributed by atoms with van der Waals surface area (Å²) < 4.78 is 32.8. The molecule has 0 bridgehead atoms. The number of nitrogens with one attached hydrogen (secondary N) is 1. The Bertz CT molecular complexity index is 1120. The molecule has 1 saturated heterocycles. The van der Waals surface area contributed by atoms with Gasteiger partial charge < -0.3 is 9.42 Å². The summed E-state index contributed by atoms with van der Waals surface area (Å²) in [4.78, 5) is 2.15. The number of aromatic nitrogens is 3. The monoisotopic (exact) mass is 399 g/mol. The fourth-order valence-corrected chi connectivity index (χ4v) is 5.04. The molecule has 1 aliphatic heterocycles. The van der Waals surface area contributed by atoms with Crippen molar-refractivity contribution in [3.05, 3.63) is 47.3 Å². The van der Waals surface area contributed by atoms with E-state index in [1.165, 1.54) is 5.56 Å². The second kappa shape index (κ2) is 6.82. The molecule has 0 saturated carbocycles. The molecule has 0 atom stereocenters. The average Bonchev–Trinajstić information content (AvgIpc) is 3.27. The third kappa shape index (κ3) is 3.35. The van der Waals surface area contributed by atoms with Crippen molar-refractivity contribution < 1.29 is 12.9 Å². The molecule has 28 heavy (non-hydrogen) atoms. The van der Waals surface area contributed by atoms with Crippen LogP contribution in [-0.2, 0) is 28.6 Å². The van der Waals surface area contributed by atoms with Gasteiger partial charge in [-0.05, 0) is 43.0 Å². The van der Waals surface area contributed by atoms with Crippen molar-refractivity contribution in [3.63, 3.8) is 0 Å². The van der Waals surface area contributed by atoms with Gasteiger partial charge in [-0.1, -0.05) is 17.3 Å². The largest absolute Gasteiger partial charge is 0.356 e. The van der Waals surface area contributed by atoms with E-state index in [-0.39, 0.29) is 11.7 Å². The molecule has 1 fully saturated rings. The van der Waals surface area contributed by atoms with E-state index in [9.17, 15) is 8.42 Å². The molecule has 8 nitrogen and oxygen atoms in total. The van der Waals surface area contributed by atoms with E-state index < -0.39 is 10.0 Å². The summed E-state index contributed by atoms with van der Waals surface area (Å²) in [7, 11) is -3.48. The van der Waals surface area contributed by atoms with E-state index in [1.807, 2.05) is 18.2 Å². The molecule has 2 aliphatic rings. The Morgan fingerprint density at radius 2 is 2.04 bits per heavy atom. The molecule has 0 amide bonds. The highest BCUT2D eigenvalue weighted by Crippen LogP contribution is 2.27. The number of benzene rings is 1. The van der Waals surface area contributed by atoms with Gasteiger partial charge in [-0.2, -0.15) is 5.10 Å². The third-order valence-electron chi connectivity index (χ3n) is 5.46. The predicted octanol–water partition coefficient (Wildman–Crippen LogP) is 1.66. The van der Waals surface area contributed by atoms with Crippen molar-refractivity contribution in [2.24, 2.45) is 5.92 Å². The molecular formula is C19H21N5O3S. The summed E-state index contributed by atoms with van der Waals surface area (Å²) in [5.74, 6) is 0.976. The predicted molar refractivity (Wildman–Crippen MR) is 104 cm³/mol. The smallest absolute Gasteiger partial charge is 0.217 e. The molecule has 146 valence electrons. The first-order valence-electron chi connectivity index (χ1n) is 9.48. The zero-order valence-corrected chi connectivity index (χ0v) is 16.2. The minimum Gasteiger partial charge on any atom is -0.356 e. The minimum atomic E-state index is -3.48. The summed E-state index contributed by atoms with van der Waals surface area (Å²) in [6.07, 6.45) is 3.25. The highest BCUT2D eigenvalue weighted by Gasteiger charge is 2.30. The second-order valence-electron chi connectivity index (χ2n) is 7.53. The number of anilines is 1. The lowest BCUT2D eigenvalue weighted by atomic mass is 10.0. The lowest BCUT2D eigenvalue weighted by molar-refractivity contribution is 0.401. The van der Waals surface area contributed by atoms with Crippen molar-refractivity contribution in [1.29, 1.82) is 0 Å².